The first kappa shape index (κ1) is 20.7. The summed E-state index contributed by atoms with van der Waals surface area (Å²) in [5, 5.41) is 12.1. The highest BCUT2D eigenvalue weighted by Crippen LogP contribution is 2.31. The van der Waals surface area contributed by atoms with Gasteiger partial charge < -0.3 is 15.3 Å². The number of halogens is 2. The number of hydrogen-bond acceptors (Lipinski definition) is 6. The van der Waals surface area contributed by atoms with Crippen molar-refractivity contribution in [1.82, 2.24) is 14.9 Å². The summed E-state index contributed by atoms with van der Waals surface area (Å²) in [5.74, 6) is -1.30. The molecule has 142 valence electrons. The molecule has 0 spiro atoms. The van der Waals surface area contributed by atoms with Crippen molar-refractivity contribution in [3.63, 3.8) is 0 Å². The van der Waals surface area contributed by atoms with E-state index in [-0.39, 0.29) is 21.5 Å². The van der Waals surface area contributed by atoms with Gasteiger partial charge in [0.05, 0.1) is 16.0 Å². The molecule has 0 saturated heterocycles. The molecule has 8 nitrogen and oxygen atoms in total. The Kier molecular flexibility index (Phi) is 6.30. The number of benzene rings is 1. The van der Waals surface area contributed by atoms with E-state index in [2.05, 4.69) is 5.32 Å². The van der Waals surface area contributed by atoms with Crippen molar-refractivity contribution in [2.75, 3.05) is 7.05 Å². The molecule has 2 atom stereocenters. The van der Waals surface area contributed by atoms with Crippen molar-refractivity contribution in [1.29, 1.82) is 0 Å². The minimum Gasteiger partial charge on any atom is -0.368 e. The second kappa shape index (κ2) is 7.93. The first-order valence-electron chi connectivity index (χ1n) is 7.45. The van der Waals surface area contributed by atoms with Crippen LogP contribution in [0.2, 0.25) is 0 Å². The Morgan fingerprint density at radius 3 is 2.35 bits per heavy atom. The molecule has 2 amide bonds. The first-order chi connectivity index (χ1) is 12.1. The van der Waals surface area contributed by atoms with Crippen molar-refractivity contribution in [2.24, 2.45) is 0 Å². The van der Waals surface area contributed by atoms with Crippen LogP contribution in [-0.2, 0) is 26.2 Å². The van der Waals surface area contributed by atoms with Crippen LogP contribution in [0, 0.1) is 0 Å². The molecule has 0 bridgehead atoms. The normalized spacial score (nSPS) is 19.0. The summed E-state index contributed by atoms with van der Waals surface area (Å²) >= 11 is 11.5. The Morgan fingerprint density at radius 2 is 1.88 bits per heavy atom. The molecule has 0 radical (unpaired) electrons. The van der Waals surface area contributed by atoms with Gasteiger partial charge in [-0.05, 0) is 31.7 Å². The summed E-state index contributed by atoms with van der Waals surface area (Å²) in [6.07, 6.45) is -1.35. The van der Waals surface area contributed by atoms with Crippen LogP contribution in [0.25, 0.3) is 0 Å². The lowest BCUT2D eigenvalue weighted by Crippen LogP contribution is -2.43. The first-order valence-corrected chi connectivity index (χ1v) is 9.69. The van der Waals surface area contributed by atoms with E-state index in [9.17, 15) is 23.1 Å². The van der Waals surface area contributed by atoms with Crippen molar-refractivity contribution >= 4 is 45.0 Å². The van der Waals surface area contributed by atoms with Crippen LogP contribution in [0.4, 0.5) is 0 Å². The number of hydrogen-bond donors (Lipinski definition) is 3. The Morgan fingerprint density at radius 1 is 1.31 bits per heavy atom. The second-order valence-corrected chi connectivity index (χ2v) is 8.06. The van der Waals surface area contributed by atoms with E-state index >= 15 is 0 Å². The number of amides is 2. The summed E-state index contributed by atoms with van der Waals surface area (Å²) in [5.41, 5.74) is 0.544. The molecule has 0 aromatic heterocycles. The van der Waals surface area contributed by atoms with Crippen LogP contribution in [0.3, 0.4) is 0 Å². The van der Waals surface area contributed by atoms with Gasteiger partial charge in [0, 0.05) is 6.54 Å². The van der Waals surface area contributed by atoms with Gasteiger partial charge in [0.25, 0.3) is 21.8 Å². The molecule has 1 aromatic rings. The Bertz CT molecular complexity index is 855. The molecule has 0 aliphatic carbocycles. The quantitative estimate of drug-likeness (QED) is 0.613. The highest BCUT2D eigenvalue weighted by molar-refractivity contribution is 7.90. The van der Waals surface area contributed by atoms with Crippen LogP contribution in [0.15, 0.2) is 39.2 Å². The zero-order valence-corrected chi connectivity index (χ0v) is 16.2. The molecular weight excluding hydrogens is 405 g/mol. The topological polar surface area (TPSA) is 116 Å². The minimum atomic E-state index is -4.02. The van der Waals surface area contributed by atoms with Crippen molar-refractivity contribution in [2.45, 2.75) is 30.6 Å². The van der Waals surface area contributed by atoms with E-state index in [1.54, 1.807) is 0 Å². The van der Waals surface area contributed by atoms with Gasteiger partial charge in [-0.2, -0.15) is 0 Å². The number of nitrogens with zero attached hydrogens (tertiary/aromatic N) is 1. The maximum absolute atomic E-state index is 12.2. The van der Waals surface area contributed by atoms with E-state index in [1.807, 2.05) is 4.72 Å². The average Bonchev–Trinajstić information content (AvgIpc) is 2.79. The van der Waals surface area contributed by atoms with Crippen LogP contribution in [0.1, 0.15) is 12.5 Å². The van der Waals surface area contributed by atoms with Crippen LogP contribution < -0.4 is 10.0 Å². The van der Waals surface area contributed by atoms with Gasteiger partial charge in [-0.25, -0.2) is 13.1 Å². The lowest BCUT2D eigenvalue weighted by atomic mass is 10.2. The number of aliphatic hydroxyl groups is 1. The smallest absolute Gasteiger partial charge is 0.269 e. The highest BCUT2D eigenvalue weighted by atomic mass is 35.5. The summed E-state index contributed by atoms with van der Waals surface area (Å²) in [7, 11) is -2.48. The molecule has 1 unspecified atom stereocenters. The lowest BCUT2D eigenvalue weighted by Gasteiger charge is -2.21. The third-order valence-electron chi connectivity index (χ3n) is 3.83. The van der Waals surface area contributed by atoms with E-state index in [1.165, 1.54) is 38.2 Å². The Balaban J connectivity index is 2.12. The molecule has 1 heterocycles. The molecule has 0 saturated carbocycles. The Hall–Kier alpha value is -1.65. The van der Waals surface area contributed by atoms with Crippen LogP contribution in [0.5, 0.6) is 0 Å². The maximum Gasteiger partial charge on any atom is 0.269 e. The number of aliphatic hydroxyl groups excluding tert-OH is 1. The van der Waals surface area contributed by atoms with E-state index in [0.29, 0.717) is 5.56 Å². The zero-order chi connectivity index (χ0) is 19.6. The maximum atomic E-state index is 12.2. The molecule has 26 heavy (non-hydrogen) atoms. The summed E-state index contributed by atoms with van der Waals surface area (Å²) in [6, 6.07) is 4.83. The molecule has 0 fully saturated rings. The summed E-state index contributed by atoms with van der Waals surface area (Å²) in [4.78, 5) is 24.6. The van der Waals surface area contributed by atoms with Crippen molar-refractivity contribution in [3.8, 4) is 0 Å². The zero-order valence-electron chi connectivity index (χ0n) is 13.9. The number of carbonyl (C=O) groups excluding carboxylic acids is 2. The van der Waals surface area contributed by atoms with E-state index in [4.69, 9.17) is 23.2 Å². The van der Waals surface area contributed by atoms with Crippen LogP contribution >= 0.6 is 23.2 Å². The third-order valence-corrected chi connectivity index (χ3v) is 6.04. The fourth-order valence-corrected chi connectivity index (χ4v) is 3.59. The number of nitrogens with one attached hydrogen (secondary N) is 2. The van der Waals surface area contributed by atoms with Gasteiger partial charge in [-0.1, -0.05) is 35.3 Å². The molecule has 2 rings (SSSR count). The van der Waals surface area contributed by atoms with E-state index < -0.39 is 34.1 Å². The number of rotatable bonds is 6. The molecule has 1 aromatic carbocycles. The van der Waals surface area contributed by atoms with Crippen molar-refractivity contribution < 1.29 is 23.1 Å². The minimum absolute atomic E-state index is 0.0179. The summed E-state index contributed by atoms with van der Waals surface area (Å²) < 4.78 is 26.4. The predicted octanol–water partition coefficient (Wildman–Crippen LogP) is 0.449. The highest BCUT2D eigenvalue weighted by Gasteiger charge is 2.36. The van der Waals surface area contributed by atoms with Crippen LogP contribution in [-0.4, -0.2) is 49.6 Å². The molecule has 3 N–H and O–H groups in total. The SMILES string of the molecule is CN[C@@H](C)C(=O)NS(=O)(=O)c1ccc(CN2C(=O)C(Cl)=C(Cl)C2O)cc1. The monoisotopic (exact) mass is 421 g/mol. The van der Waals surface area contributed by atoms with Gasteiger partial charge in [-0.15, -0.1) is 0 Å². The van der Waals surface area contributed by atoms with E-state index in [0.717, 1.165) is 4.90 Å². The predicted molar refractivity (Wildman–Crippen MR) is 95.6 cm³/mol. The lowest BCUT2D eigenvalue weighted by molar-refractivity contribution is -0.132. The largest absolute Gasteiger partial charge is 0.368 e. The fraction of sp³-hybridized carbons (Fsp3) is 0.333. The molecule has 1 aliphatic heterocycles. The second-order valence-electron chi connectivity index (χ2n) is 5.59. The Labute approximate surface area is 160 Å². The van der Waals surface area contributed by atoms with Gasteiger partial charge >= 0.3 is 0 Å². The fourth-order valence-electron chi connectivity index (χ4n) is 2.13. The van der Waals surface area contributed by atoms with Gasteiger partial charge in [0.15, 0.2) is 6.23 Å². The third kappa shape index (κ3) is 4.18. The number of carbonyl (C=O) groups is 2. The van der Waals surface area contributed by atoms with Gasteiger partial charge in [0.2, 0.25) is 0 Å². The number of sulfonamides is 1. The molecule has 11 heteroatoms. The average molecular weight is 422 g/mol. The van der Waals surface area contributed by atoms with Gasteiger partial charge in [0.1, 0.15) is 5.03 Å². The van der Waals surface area contributed by atoms with Gasteiger partial charge in [-0.3, -0.25) is 9.59 Å². The summed E-state index contributed by atoms with van der Waals surface area (Å²) in [6.45, 7) is 1.51. The molecular formula is C15H17Cl2N3O5S. The van der Waals surface area contributed by atoms with Crippen molar-refractivity contribution in [3.05, 3.63) is 39.9 Å². The standard InChI is InChI=1S/C15H17Cl2N3O5S/c1-8(18-2)13(21)19-26(24,25)10-5-3-9(4-6-10)7-20-14(22)11(16)12(17)15(20)23/h3-6,8,14,18,22H,7H2,1-2H3,(H,19,21)/t8-,14?/m0/s1. The molecule has 1 aliphatic rings. The number of likely N-dealkylation sites (N-methyl/N-ethyl adjacent to an activating group) is 1.